The van der Waals surface area contributed by atoms with E-state index in [9.17, 15) is 9.90 Å². The highest BCUT2D eigenvalue weighted by Gasteiger charge is 2.25. The highest BCUT2D eigenvalue weighted by molar-refractivity contribution is 5.93. The highest BCUT2D eigenvalue weighted by atomic mass is 16.3. The van der Waals surface area contributed by atoms with Crippen LogP contribution in [0.3, 0.4) is 0 Å². The summed E-state index contributed by atoms with van der Waals surface area (Å²) in [5.74, 6) is -0.0360. The topological polar surface area (TPSA) is 37.3 Å². The molecule has 0 aliphatic heterocycles. The van der Waals surface area contributed by atoms with Crippen molar-refractivity contribution < 1.29 is 9.90 Å². The minimum Gasteiger partial charge on any atom is -0.385 e. The van der Waals surface area contributed by atoms with Crippen LogP contribution in [-0.2, 0) is 4.79 Å². The molecular weight excluding hydrogens is 152 g/mol. The third-order valence-corrected chi connectivity index (χ3v) is 2.59. The number of rotatable bonds is 3. The summed E-state index contributed by atoms with van der Waals surface area (Å²) in [4.78, 5) is 11.0. The highest BCUT2D eigenvalue weighted by Crippen LogP contribution is 2.26. The molecule has 1 fully saturated rings. The fourth-order valence-electron chi connectivity index (χ4n) is 1.80. The molecule has 0 unspecified atom stereocenters. The van der Waals surface area contributed by atoms with Crippen LogP contribution in [0.2, 0.25) is 0 Å². The van der Waals surface area contributed by atoms with Crippen LogP contribution >= 0.6 is 0 Å². The van der Waals surface area contributed by atoms with Crippen molar-refractivity contribution in [2.75, 3.05) is 0 Å². The minimum absolute atomic E-state index is 0.184. The van der Waals surface area contributed by atoms with Crippen molar-refractivity contribution >= 4 is 5.78 Å². The fraction of sp³-hybridized carbons (Fsp3) is 0.700. The van der Waals surface area contributed by atoms with Gasteiger partial charge in [-0.25, -0.2) is 0 Å². The molecule has 0 heterocycles. The Morgan fingerprint density at radius 3 is 2.50 bits per heavy atom. The van der Waals surface area contributed by atoms with Crippen LogP contribution in [0.5, 0.6) is 0 Å². The van der Waals surface area contributed by atoms with Crippen molar-refractivity contribution in [1.29, 1.82) is 0 Å². The van der Waals surface area contributed by atoms with Crippen molar-refractivity contribution in [3.05, 3.63) is 12.7 Å². The van der Waals surface area contributed by atoms with E-state index in [-0.39, 0.29) is 11.7 Å². The molecule has 2 nitrogen and oxygen atoms in total. The van der Waals surface area contributed by atoms with Crippen LogP contribution in [0, 0.1) is 5.92 Å². The number of hydrogen-bond acceptors (Lipinski definition) is 2. The van der Waals surface area contributed by atoms with Gasteiger partial charge in [-0.05, 0) is 24.8 Å². The summed E-state index contributed by atoms with van der Waals surface area (Å²) < 4.78 is 0. The van der Waals surface area contributed by atoms with Crippen LogP contribution in [0.25, 0.3) is 0 Å². The van der Waals surface area contributed by atoms with Gasteiger partial charge in [-0.2, -0.15) is 0 Å². The summed E-state index contributed by atoms with van der Waals surface area (Å²) in [5.41, 5.74) is 0. The van der Waals surface area contributed by atoms with E-state index in [1.54, 1.807) is 0 Å². The number of aliphatic hydroxyl groups is 1. The first kappa shape index (κ1) is 9.46. The molecule has 1 N–H and O–H groups in total. The van der Waals surface area contributed by atoms with E-state index in [0.29, 0.717) is 0 Å². The number of hydrogen-bond donors (Lipinski definition) is 1. The van der Waals surface area contributed by atoms with Gasteiger partial charge in [0.15, 0.2) is 5.78 Å². The van der Waals surface area contributed by atoms with Crippen molar-refractivity contribution in [2.45, 2.75) is 38.2 Å². The molecule has 0 aromatic carbocycles. The normalized spacial score (nSPS) is 21.8. The molecule has 1 aliphatic rings. The van der Waals surface area contributed by atoms with Crippen LogP contribution in [0.4, 0.5) is 0 Å². The van der Waals surface area contributed by atoms with Gasteiger partial charge in [0.05, 0.1) is 0 Å². The van der Waals surface area contributed by atoms with Gasteiger partial charge in [-0.15, -0.1) is 0 Å². The largest absolute Gasteiger partial charge is 0.385 e. The molecule has 1 aliphatic carbocycles. The van der Waals surface area contributed by atoms with Gasteiger partial charge in [0.2, 0.25) is 0 Å². The first-order chi connectivity index (χ1) is 5.75. The molecule has 0 amide bonds. The molecule has 1 atom stereocenters. The molecule has 0 spiro atoms. The summed E-state index contributed by atoms with van der Waals surface area (Å²) in [6.07, 6.45) is 5.94. The average molecular weight is 168 g/mol. The van der Waals surface area contributed by atoms with E-state index < -0.39 is 6.10 Å². The summed E-state index contributed by atoms with van der Waals surface area (Å²) in [7, 11) is 0. The summed E-state index contributed by atoms with van der Waals surface area (Å²) in [6, 6.07) is 0. The molecule has 68 valence electrons. The summed E-state index contributed by atoms with van der Waals surface area (Å²) in [6.45, 7) is 3.37. The van der Waals surface area contributed by atoms with E-state index in [1.165, 1.54) is 12.5 Å². The predicted octanol–water partition coefficient (Wildman–Crippen LogP) is 1.68. The second kappa shape index (κ2) is 4.41. The number of aliphatic hydroxyl groups excluding tert-OH is 1. The van der Waals surface area contributed by atoms with Crippen molar-refractivity contribution in [3.63, 3.8) is 0 Å². The number of carbonyl (C=O) groups is 1. The van der Waals surface area contributed by atoms with E-state index in [2.05, 4.69) is 6.58 Å². The second-order valence-corrected chi connectivity index (χ2v) is 3.45. The molecule has 0 aromatic rings. The smallest absolute Gasteiger partial charge is 0.183 e. The van der Waals surface area contributed by atoms with Crippen LogP contribution < -0.4 is 0 Å². The van der Waals surface area contributed by atoms with E-state index in [1.807, 2.05) is 0 Å². The number of carbonyl (C=O) groups excluding carboxylic acids is 1. The zero-order chi connectivity index (χ0) is 8.97. The molecule has 0 bridgehead atoms. The molecular formula is C10H16O2. The first-order valence-corrected chi connectivity index (χ1v) is 4.60. The summed E-state index contributed by atoms with van der Waals surface area (Å²) in [5, 5.41) is 9.52. The Morgan fingerprint density at radius 2 is 2.00 bits per heavy atom. The van der Waals surface area contributed by atoms with Crippen molar-refractivity contribution in [1.82, 2.24) is 0 Å². The van der Waals surface area contributed by atoms with Gasteiger partial charge in [-0.1, -0.05) is 25.8 Å². The average Bonchev–Trinajstić information content (AvgIpc) is 2.17. The van der Waals surface area contributed by atoms with Crippen LogP contribution in [0.15, 0.2) is 12.7 Å². The fourth-order valence-corrected chi connectivity index (χ4v) is 1.80. The molecule has 2 heteroatoms. The quantitative estimate of drug-likeness (QED) is 0.651. The SMILES string of the molecule is C=CC(=O)[C@@H](O)C1CCCCC1. The maximum atomic E-state index is 11.0. The first-order valence-electron chi connectivity index (χ1n) is 4.60. The van der Waals surface area contributed by atoms with Crippen LogP contribution in [-0.4, -0.2) is 17.0 Å². The van der Waals surface area contributed by atoms with E-state index in [4.69, 9.17) is 0 Å². The van der Waals surface area contributed by atoms with Crippen molar-refractivity contribution in [3.8, 4) is 0 Å². The molecule has 1 rings (SSSR count). The van der Waals surface area contributed by atoms with Gasteiger partial charge >= 0.3 is 0 Å². The van der Waals surface area contributed by atoms with Gasteiger partial charge in [0.25, 0.3) is 0 Å². The monoisotopic (exact) mass is 168 g/mol. The zero-order valence-electron chi connectivity index (χ0n) is 7.33. The lowest BCUT2D eigenvalue weighted by Crippen LogP contribution is -2.29. The Hall–Kier alpha value is -0.630. The van der Waals surface area contributed by atoms with Crippen molar-refractivity contribution in [2.24, 2.45) is 5.92 Å². The predicted molar refractivity (Wildman–Crippen MR) is 47.8 cm³/mol. The molecule has 0 saturated heterocycles. The molecule has 0 aromatic heterocycles. The Labute approximate surface area is 73.3 Å². The Bertz CT molecular complexity index is 169. The minimum atomic E-state index is -0.789. The van der Waals surface area contributed by atoms with Gasteiger partial charge in [-0.3, -0.25) is 4.79 Å². The number of ketones is 1. The lowest BCUT2D eigenvalue weighted by molar-refractivity contribution is -0.125. The van der Waals surface area contributed by atoms with Gasteiger partial charge < -0.3 is 5.11 Å². The van der Waals surface area contributed by atoms with E-state index in [0.717, 1.165) is 25.7 Å². The summed E-state index contributed by atoms with van der Waals surface area (Å²) >= 11 is 0. The maximum absolute atomic E-state index is 11.0. The van der Waals surface area contributed by atoms with Gasteiger partial charge in [0.1, 0.15) is 6.10 Å². The third-order valence-electron chi connectivity index (χ3n) is 2.59. The zero-order valence-corrected chi connectivity index (χ0v) is 7.33. The standard InChI is InChI=1S/C10H16O2/c1-2-9(11)10(12)8-6-4-3-5-7-8/h2,8,10,12H,1,3-7H2/t10-/m0/s1. The molecule has 12 heavy (non-hydrogen) atoms. The third kappa shape index (κ3) is 2.18. The Balaban J connectivity index is 2.44. The van der Waals surface area contributed by atoms with Gasteiger partial charge in [0, 0.05) is 0 Å². The lowest BCUT2D eigenvalue weighted by Gasteiger charge is -2.24. The Kier molecular flexibility index (Phi) is 3.48. The van der Waals surface area contributed by atoms with E-state index >= 15 is 0 Å². The lowest BCUT2D eigenvalue weighted by atomic mass is 9.84. The maximum Gasteiger partial charge on any atom is 0.183 e. The van der Waals surface area contributed by atoms with Crippen LogP contribution in [0.1, 0.15) is 32.1 Å². The molecule has 1 saturated carbocycles. The molecule has 0 radical (unpaired) electrons. The Morgan fingerprint density at radius 1 is 1.42 bits per heavy atom. The second-order valence-electron chi connectivity index (χ2n) is 3.45.